The summed E-state index contributed by atoms with van der Waals surface area (Å²) < 4.78 is 5.61. The third-order valence-electron chi connectivity index (χ3n) is 4.08. The minimum Gasteiger partial charge on any atom is -0.475 e. The number of furan rings is 1. The van der Waals surface area contributed by atoms with Crippen molar-refractivity contribution in [3.8, 4) is 0 Å². The zero-order valence-electron chi connectivity index (χ0n) is 13.5. The van der Waals surface area contributed by atoms with Crippen LogP contribution in [0.4, 0.5) is 5.69 Å². The summed E-state index contributed by atoms with van der Waals surface area (Å²) >= 11 is 0. The van der Waals surface area contributed by atoms with Crippen LogP contribution in [-0.2, 0) is 6.42 Å². The van der Waals surface area contributed by atoms with Gasteiger partial charge in [0, 0.05) is 17.5 Å². The number of hydrogen-bond acceptors (Lipinski definition) is 4. The standard InChI is InChI=1S/C18H20N2O3/c1-11-15-13(20-19-12-7-5-4-6-8-12)9-18(2,3)10-14(15)23-16(11)17(21)22/h4-8,19H,9-10H2,1-3H3,(H,21,22). The van der Waals surface area contributed by atoms with Crippen LogP contribution in [0.25, 0.3) is 0 Å². The summed E-state index contributed by atoms with van der Waals surface area (Å²) in [5, 5.41) is 13.8. The van der Waals surface area contributed by atoms with Crippen molar-refractivity contribution in [3.63, 3.8) is 0 Å². The largest absolute Gasteiger partial charge is 0.475 e. The fraction of sp³-hybridized carbons (Fsp3) is 0.333. The summed E-state index contributed by atoms with van der Waals surface area (Å²) in [6.07, 6.45) is 1.47. The fourth-order valence-corrected chi connectivity index (χ4v) is 3.06. The minimum absolute atomic E-state index is 0.0140. The Morgan fingerprint density at radius 3 is 2.61 bits per heavy atom. The van der Waals surface area contributed by atoms with E-state index in [1.807, 2.05) is 30.3 Å². The number of nitrogens with zero attached hydrogens (tertiary/aromatic N) is 1. The van der Waals surface area contributed by atoms with Crippen molar-refractivity contribution >= 4 is 17.4 Å². The maximum atomic E-state index is 11.3. The number of carboxylic acid groups (broad SMARTS) is 1. The summed E-state index contributed by atoms with van der Waals surface area (Å²) in [7, 11) is 0. The topological polar surface area (TPSA) is 74.8 Å². The Morgan fingerprint density at radius 2 is 1.96 bits per heavy atom. The van der Waals surface area contributed by atoms with E-state index >= 15 is 0 Å². The monoisotopic (exact) mass is 312 g/mol. The van der Waals surface area contributed by atoms with E-state index in [9.17, 15) is 9.90 Å². The van der Waals surface area contributed by atoms with Crippen LogP contribution in [0.15, 0.2) is 39.9 Å². The average Bonchev–Trinajstić information content (AvgIpc) is 2.81. The third-order valence-corrected chi connectivity index (χ3v) is 4.08. The SMILES string of the molecule is Cc1c(C(=O)O)oc2c1C(=NNc1ccccc1)CC(C)(C)C2. The highest BCUT2D eigenvalue weighted by atomic mass is 16.4. The molecule has 5 heteroatoms. The first kappa shape index (κ1) is 15.3. The number of carboxylic acids is 1. The highest BCUT2D eigenvalue weighted by molar-refractivity contribution is 6.06. The Balaban J connectivity index is 2.03. The van der Waals surface area contributed by atoms with Gasteiger partial charge in [0.05, 0.1) is 11.4 Å². The second-order valence-corrected chi connectivity index (χ2v) is 6.71. The van der Waals surface area contributed by atoms with Gasteiger partial charge < -0.3 is 9.52 Å². The lowest BCUT2D eigenvalue weighted by Crippen LogP contribution is -2.27. The molecule has 0 unspecified atom stereocenters. The maximum Gasteiger partial charge on any atom is 0.372 e. The summed E-state index contributed by atoms with van der Waals surface area (Å²) in [6.45, 7) is 6.04. The Hall–Kier alpha value is -2.56. The van der Waals surface area contributed by atoms with Gasteiger partial charge in [-0.15, -0.1) is 0 Å². The molecule has 1 aliphatic rings. The van der Waals surface area contributed by atoms with E-state index in [2.05, 4.69) is 24.4 Å². The molecule has 0 amide bonds. The van der Waals surface area contributed by atoms with E-state index in [1.54, 1.807) is 6.92 Å². The molecular weight excluding hydrogens is 292 g/mol. The lowest BCUT2D eigenvalue weighted by molar-refractivity contribution is 0.0658. The molecule has 1 heterocycles. The van der Waals surface area contributed by atoms with E-state index in [0.717, 1.165) is 23.4 Å². The molecule has 3 rings (SSSR count). The van der Waals surface area contributed by atoms with Gasteiger partial charge in [-0.1, -0.05) is 32.0 Å². The van der Waals surface area contributed by atoms with Crippen LogP contribution >= 0.6 is 0 Å². The zero-order valence-corrected chi connectivity index (χ0v) is 13.5. The van der Waals surface area contributed by atoms with Crippen molar-refractivity contribution in [1.82, 2.24) is 0 Å². The molecule has 0 saturated carbocycles. The number of anilines is 1. The van der Waals surface area contributed by atoms with Crippen LogP contribution in [0.1, 0.15) is 47.7 Å². The van der Waals surface area contributed by atoms with Gasteiger partial charge in [-0.05, 0) is 30.9 Å². The lowest BCUT2D eigenvalue weighted by Gasteiger charge is -2.29. The molecule has 0 spiro atoms. The van der Waals surface area contributed by atoms with Gasteiger partial charge in [-0.3, -0.25) is 5.43 Å². The van der Waals surface area contributed by atoms with Gasteiger partial charge in [0.1, 0.15) is 5.76 Å². The van der Waals surface area contributed by atoms with Crippen LogP contribution in [0.3, 0.4) is 0 Å². The molecule has 0 bridgehead atoms. The Bertz CT molecular complexity index is 773. The van der Waals surface area contributed by atoms with Crippen molar-refractivity contribution < 1.29 is 14.3 Å². The minimum atomic E-state index is -1.04. The third kappa shape index (κ3) is 2.99. The number of hydrazone groups is 1. The highest BCUT2D eigenvalue weighted by Crippen LogP contribution is 2.38. The number of aromatic carboxylic acids is 1. The molecule has 0 aliphatic heterocycles. The maximum absolute atomic E-state index is 11.3. The summed E-state index contributed by atoms with van der Waals surface area (Å²) in [6, 6.07) is 9.68. The second-order valence-electron chi connectivity index (χ2n) is 6.71. The van der Waals surface area contributed by atoms with Crippen LogP contribution in [-0.4, -0.2) is 16.8 Å². The predicted octanol–water partition coefficient (Wildman–Crippen LogP) is 4.07. The normalized spacial score (nSPS) is 17.8. The molecule has 1 aromatic heterocycles. The first-order valence-electron chi connectivity index (χ1n) is 7.61. The van der Waals surface area contributed by atoms with Gasteiger partial charge in [0.15, 0.2) is 0 Å². The molecule has 0 radical (unpaired) electrons. The molecule has 0 saturated heterocycles. The number of hydrogen-bond donors (Lipinski definition) is 2. The zero-order chi connectivity index (χ0) is 16.6. The predicted molar refractivity (Wildman–Crippen MR) is 89.1 cm³/mol. The van der Waals surface area contributed by atoms with Crippen molar-refractivity contribution in [3.05, 3.63) is 53.0 Å². The number of carbonyl (C=O) groups is 1. The molecule has 120 valence electrons. The van der Waals surface area contributed by atoms with Gasteiger partial charge in [0.2, 0.25) is 5.76 Å². The van der Waals surface area contributed by atoms with Crippen molar-refractivity contribution in [1.29, 1.82) is 0 Å². The molecule has 5 nitrogen and oxygen atoms in total. The first-order chi connectivity index (χ1) is 10.9. The van der Waals surface area contributed by atoms with E-state index in [-0.39, 0.29) is 11.2 Å². The molecule has 0 fully saturated rings. The smallest absolute Gasteiger partial charge is 0.372 e. The summed E-state index contributed by atoms with van der Waals surface area (Å²) in [5.41, 5.74) is 6.26. The van der Waals surface area contributed by atoms with Crippen molar-refractivity contribution in [2.75, 3.05) is 5.43 Å². The number of nitrogens with one attached hydrogen (secondary N) is 1. The summed E-state index contributed by atoms with van der Waals surface area (Å²) in [5.74, 6) is -0.310. The quantitative estimate of drug-likeness (QED) is 0.838. The average molecular weight is 312 g/mol. The van der Waals surface area contributed by atoms with Crippen LogP contribution < -0.4 is 5.43 Å². The van der Waals surface area contributed by atoms with Gasteiger partial charge in [-0.2, -0.15) is 5.10 Å². The molecule has 1 aromatic carbocycles. The van der Waals surface area contributed by atoms with Crippen LogP contribution in [0, 0.1) is 12.3 Å². The molecule has 2 aromatic rings. The molecule has 1 aliphatic carbocycles. The van der Waals surface area contributed by atoms with Crippen molar-refractivity contribution in [2.24, 2.45) is 10.5 Å². The van der Waals surface area contributed by atoms with Gasteiger partial charge >= 0.3 is 5.97 Å². The lowest BCUT2D eigenvalue weighted by atomic mass is 9.75. The van der Waals surface area contributed by atoms with Crippen LogP contribution in [0.2, 0.25) is 0 Å². The Morgan fingerprint density at radius 1 is 1.26 bits per heavy atom. The number of rotatable bonds is 3. The van der Waals surface area contributed by atoms with Crippen LogP contribution in [0.5, 0.6) is 0 Å². The molecule has 2 N–H and O–H groups in total. The van der Waals surface area contributed by atoms with E-state index in [4.69, 9.17) is 4.42 Å². The molecule has 23 heavy (non-hydrogen) atoms. The van der Waals surface area contributed by atoms with E-state index in [0.29, 0.717) is 17.7 Å². The molecular formula is C18H20N2O3. The first-order valence-corrected chi connectivity index (χ1v) is 7.61. The number of fused-ring (bicyclic) bond motifs is 1. The summed E-state index contributed by atoms with van der Waals surface area (Å²) in [4.78, 5) is 11.3. The van der Waals surface area contributed by atoms with E-state index < -0.39 is 5.97 Å². The van der Waals surface area contributed by atoms with Gasteiger partial charge in [0.25, 0.3) is 0 Å². The Kier molecular flexibility index (Phi) is 3.72. The second kappa shape index (κ2) is 5.57. The number of benzene rings is 1. The highest BCUT2D eigenvalue weighted by Gasteiger charge is 2.36. The fourth-order valence-electron chi connectivity index (χ4n) is 3.06. The van der Waals surface area contributed by atoms with Crippen molar-refractivity contribution in [2.45, 2.75) is 33.6 Å². The molecule has 0 atom stereocenters. The van der Waals surface area contributed by atoms with E-state index in [1.165, 1.54) is 0 Å². The van der Waals surface area contributed by atoms with Gasteiger partial charge in [-0.25, -0.2) is 4.79 Å². The Labute approximate surface area is 135 Å². The number of para-hydroxylation sites is 1.